The summed E-state index contributed by atoms with van der Waals surface area (Å²) in [6, 6.07) is 0. The molecule has 0 aliphatic carbocycles. The van der Waals surface area contributed by atoms with Crippen LogP contribution in [0.25, 0.3) is 0 Å². The first kappa shape index (κ1) is 15.7. The van der Waals surface area contributed by atoms with E-state index in [1.54, 1.807) is 6.92 Å². The van der Waals surface area contributed by atoms with Crippen molar-refractivity contribution < 1.29 is 19.1 Å². The van der Waals surface area contributed by atoms with Gasteiger partial charge >= 0.3 is 12.1 Å². The number of esters is 1. The summed E-state index contributed by atoms with van der Waals surface area (Å²) < 4.78 is 9.40. The van der Waals surface area contributed by atoms with Gasteiger partial charge in [-0.05, 0) is 25.2 Å². The van der Waals surface area contributed by atoms with Gasteiger partial charge in [-0.25, -0.2) is 4.79 Å². The monoisotopic (exact) mass is 245 g/mol. The lowest BCUT2D eigenvalue weighted by atomic mass is 9.94. The van der Waals surface area contributed by atoms with E-state index in [2.05, 4.69) is 23.9 Å². The predicted molar refractivity (Wildman–Crippen MR) is 64.6 cm³/mol. The Morgan fingerprint density at radius 1 is 1.29 bits per heavy atom. The average molecular weight is 245 g/mol. The third-order valence-electron chi connectivity index (χ3n) is 2.30. The largest absolute Gasteiger partial charge is 0.469 e. The number of alkyl carbamates (subject to hydrolysis) is 1. The Balaban J connectivity index is 4.09. The van der Waals surface area contributed by atoms with Crippen LogP contribution in [-0.4, -0.2) is 32.3 Å². The van der Waals surface area contributed by atoms with Crippen molar-refractivity contribution in [2.45, 2.75) is 33.6 Å². The van der Waals surface area contributed by atoms with E-state index in [1.807, 2.05) is 0 Å². The second-order valence-electron chi connectivity index (χ2n) is 4.38. The first-order valence-electron chi connectivity index (χ1n) is 5.97. The summed E-state index contributed by atoms with van der Waals surface area (Å²) >= 11 is 0. The number of methoxy groups -OCH3 is 1. The normalized spacial score (nSPS) is 12.1. The molecule has 17 heavy (non-hydrogen) atoms. The molecule has 5 nitrogen and oxygen atoms in total. The summed E-state index contributed by atoms with van der Waals surface area (Å²) in [6.45, 7) is 6.69. The van der Waals surface area contributed by atoms with E-state index in [9.17, 15) is 9.59 Å². The summed E-state index contributed by atoms with van der Waals surface area (Å²) in [5.41, 5.74) is 0. The average Bonchev–Trinajstić information content (AvgIpc) is 2.25. The van der Waals surface area contributed by atoms with E-state index in [4.69, 9.17) is 4.74 Å². The zero-order valence-corrected chi connectivity index (χ0v) is 11.1. The van der Waals surface area contributed by atoms with Gasteiger partial charge in [0.25, 0.3) is 0 Å². The van der Waals surface area contributed by atoms with Crippen molar-refractivity contribution in [2.75, 3.05) is 20.3 Å². The zero-order valence-electron chi connectivity index (χ0n) is 11.1. The number of hydrogen-bond donors (Lipinski definition) is 1. The molecular weight excluding hydrogens is 222 g/mol. The fourth-order valence-corrected chi connectivity index (χ4v) is 1.63. The Labute approximate surface area is 103 Å². The maximum absolute atomic E-state index is 11.2. The Bertz CT molecular complexity index is 241. The van der Waals surface area contributed by atoms with Crippen LogP contribution in [-0.2, 0) is 14.3 Å². The molecule has 100 valence electrons. The van der Waals surface area contributed by atoms with Crippen molar-refractivity contribution in [2.24, 2.45) is 11.8 Å². The SMILES string of the molecule is CCOC(=O)NC[C@H](CC(=O)OC)CC(C)C. The second kappa shape index (κ2) is 8.84. The molecule has 0 unspecified atom stereocenters. The number of carbonyl (C=O) groups excluding carboxylic acids is 2. The molecule has 0 rings (SSSR count). The summed E-state index contributed by atoms with van der Waals surface area (Å²) in [4.78, 5) is 22.3. The number of hydrogen-bond acceptors (Lipinski definition) is 4. The molecule has 0 aliphatic rings. The molecule has 0 aromatic heterocycles. The molecule has 0 saturated carbocycles. The van der Waals surface area contributed by atoms with Crippen molar-refractivity contribution in [3.8, 4) is 0 Å². The lowest BCUT2D eigenvalue weighted by molar-refractivity contribution is -0.141. The van der Waals surface area contributed by atoms with Crippen LogP contribution in [0.1, 0.15) is 33.6 Å². The maximum atomic E-state index is 11.2. The van der Waals surface area contributed by atoms with Gasteiger partial charge in [0.1, 0.15) is 0 Å². The van der Waals surface area contributed by atoms with E-state index in [-0.39, 0.29) is 11.9 Å². The minimum absolute atomic E-state index is 0.0897. The first-order valence-corrected chi connectivity index (χ1v) is 5.97. The van der Waals surface area contributed by atoms with Crippen molar-refractivity contribution in [3.05, 3.63) is 0 Å². The van der Waals surface area contributed by atoms with Gasteiger partial charge in [-0.1, -0.05) is 13.8 Å². The number of amides is 1. The van der Waals surface area contributed by atoms with Crippen LogP contribution in [0, 0.1) is 11.8 Å². The Kier molecular flexibility index (Phi) is 8.19. The highest BCUT2D eigenvalue weighted by molar-refractivity contribution is 5.70. The summed E-state index contributed by atoms with van der Waals surface area (Å²) in [5.74, 6) is 0.307. The highest BCUT2D eigenvalue weighted by atomic mass is 16.5. The molecular formula is C12H23NO4. The third-order valence-corrected chi connectivity index (χ3v) is 2.30. The fourth-order valence-electron chi connectivity index (χ4n) is 1.63. The molecule has 0 spiro atoms. The number of ether oxygens (including phenoxy) is 2. The lowest BCUT2D eigenvalue weighted by Crippen LogP contribution is -2.31. The van der Waals surface area contributed by atoms with Gasteiger partial charge in [-0.2, -0.15) is 0 Å². The quantitative estimate of drug-likeness (QED) is 0.696. The van der Waals surface area contributed by atoms with E-state index in [0.717, 1.165) is 6.42 Å². The van der Waals surface area contributed by atoms with Crippen LogP contribution >= 0.6 is 0 Å². The topological polar surface area (TPSA) is 64.6 Å². The van der Waals surface area contributed by atoms with E-state index in [1.165, 1.54) is 7.11 Å². The highest BCUT2D eigenvalue weighted by Crippen LogP contribution is 2.15. The standard InChI is InChI=1S/C12H23NO4/c1-5-17-12(15)13-8-10(6-9(2)3)7-11(14)16-4/h9-10H,5-8H2,1-4H3,(H,13,15)/t10-/m0/s1. The third kappa shape index (κ3) is 8.54. The molecule has 1 atom stereocenters. The number of rotatable bonds is 7. The van der Waals surface area contributed by atoms with Crippen molar-refractivity contribution in [1.82, 2.24) is 5.32 Å². The first-order chi connectivity index (χ1) is 7.99. The molecule has 0 aromatic carbocycles. The van der Waals surface area contributed by atoms with E-state index in [0.29, 0.717) is 25.5 Å². The Morgan fingerprint density at radius 3 is 2.41 bits per heavy atom. The van der Waals surface area contributed by atoms with Crippen LogP contribution in [0.2, 0.25) is 0 Å². The molecule has 0 aromatic rings. The summed E-state index contributed by atoms with van der Waals surface area (Å²) in [5, 5.41) is 2.65. The molecule has 0 radical (unpaired) electrons. The van der Waals surface area contributed by atoms with E-state index < -0.39 is 6.09 Å². The van der Waals surface area contributed by atoms with Gasteiger partial charge in [-0.3, -0.25) is 4.79 Å². The van der Waals surface area contributed by atoms with E-state index >= 15 is 0 Å². The molecule has 0 aliphatic heterocycles. The van der Waals surface area contributed by atoms with Gasteiger partial charge in [0.05, 0.1) is 20.1 Å². The van der Waals surface area contributed by atoms with Gasteiger partial charge in [-0.15, -0.1) is 0 Å². The van der Waals surface area contributed by atoms with Crippen molar-refractivity contribution >= 4 is 12.1 Å². The molecule has 0 fully saturated rings. The summed E-state index contributed by atoms with van der Waals surface area (Å²) in [6.07, 6.45) is 0.744. The Hall–Kier alpha value is -1.26. The number of nitrogens with one attached hydrogen (secondary N) is 1. The van der Waals surface area contributed by atoms with Crippen LogP contribution < -0.4 is 5.32 Å². The molecule has 5 heteroatoms. The smallest absolute Gasteiger partial charge is 0.407 e. The minimum Gasteiger partial charge on any atom is -0.469 e. The fraction of sp³-hybridized carbons (Fsp3) is 0.833. The van der Waals surface area contributed by atoms with Crippen molar-refractivity contribution in [3.63, 3.8) is 0 Å². The van der Waals surface area contributed by atoms with Crippen molar-refractivity contribution in [1.29, 1.82) is 0 Å². The molecule has 1 N–H and O–H groups in total. The Morgan fingerprint density at radius 2 is 1.94 bits per heavy atom. The van der Waals surface area contributed by atoms with Gasteiger partial charge in [0.2, 0.25) is 0 Å². The minimum atomic E-state index is -0.439. The molecule has 0 saturated heterocycles. The van der Waals surface area contributed by atoms with Gasteiger partial charge in [0, 0.05) is 6.54 Å². The van der Waals surface area contributed by atoms with Crippen LogP contribution in [0.3, 0.4) is 0 Å². The highest BCUT2D eigenvalue weighted by Gasteiger charge is 2.17. The molecule has 0 heterocycles. The van der Waals surface area contributed by atoms with Crippen LogP contribution in [0.5, 0.6) is 0 Å². The maximum Gasteiger partial charge on any atom is 0.407 e. The van der Waals surface area contributed by atoms with Crippen LogP contribution in [0.4, 0.5) is 4.79 Å². The predicted octanol–water partition coefficient (Wildman–Crippen LogP) is 1.96. The molecule has 1 amide bonds. The molecule has 0 bridgehead atoms. The zero-order chi connectivity index (χ0) is 13.3. The number of carbonyl (C=O) groups is 2. The summed E-state index contributed by atoms with van der Waals surface area (Å²) in [7, 11) is 1.37. The van der Waals surface area contributed by atoms with Crippen LogP contribution in [0.15, 0.2) is 0 Å². The second-order valence-corrected chi connectivity index (χ2v) is 4.38. The van der Waals surface area contributed by atoms with Gasteiger partial charge in [0.15, 0.2) is 0 Å². The lowest BCUT2D eigenvalue weighted by Gasteiger charge is -2.18. The van der Waals surface area contributed by atoms with Gasteiger partial charge < -0.3 is 14.8 Å².